The van der Waals surface area contributed by atoms with Crippen LogP contribution in [0.15, 0.2) is 42.5 Å². The van der Waals surface area contributed by atoms with E-state index in [1.807, 2.05) is 25.1 Å². The van der Waals surface area contributed by atoms with Crippen LogP contribution < -0.4 is 14.8 Å². The predicted molar refractivity (Wildman–Crippen MR) is 96.0 cm³/mol. The van der Waals surface area contributed by atoms with E-state index in [-0.39, 0.29) is 5.91 Å². The molecule has 0 saturated carbocycles. The van der Waals surface area contributed by atoms with Crippen molar-refractivity contribution in [2.75, 3.05) is 13.2 Å². The average Bonchev–Trinajstić information content (AvgIpc) is 2.59. The normalized spacial score (nSPS) is 10.3. The molecule has 24 heavy (non-hydrogen) atoms. The summed E-state index contributed by atoms with van der Waals surface area (Å²) in [7, 11) is 0. The zero-order chi connectivity index (χ0) is 17.4. The van der Waals surface area contributed by atoms with Crippen molar-refractivity contribution in [3.8, 4) is 11.5 Å². The Morgan fingerprint density at radius 2 is 1.79 bits per heavy atom. The third kappa shape index (κ3) is 5.17. The van der Waals surface area contributed by atoms with Crippen molar-refractivity contribution in [2.45, 2.75) is 26.8 Å². The van der Waals surface area contributed by atoms with Crippen molar-refractivity contribution in [2.24, 2.45) is 0 Å². The quantitative estimate of drug-likeness (QED) is 0.767. The Hall–Kier alpha value is -2.20. The SMILES string of the molecule is CCCOc1ccc(CNC(=O)c2ccc(Cl)cc2)cc1OCC. The summed E-state index contributed by atoms with van der Waals surface area (Å²) >= 11 is 5.83. The first kappa shape index (κ1) is 18.1. The van der Waals surface area contributed by atoms with Gasteiger partial charge in [0.25, 0.3) is 5.91 Å². The van der Waals surface area contributed by atoms with Crippen LogP contribution in [-0.4, -0.2) is 19.1 Å². The number of rotatable bonds is 8. The van der Waals surface area contributed by atoms with Crippen LogP contribution in [0, 0.1) is 0 Å². The van der Waals surface area contributed by atoms with Crippen LogP contribution >= 0.6 is 11.6 Å². The number of ether oxygens (including phenoxy) is 2. The highest BCUT2D eigenvalue weighted by Crippen LogP contribution is 2.28. The summed E-state index contributed by atoms with van der Waals surface area (Å²) in [5, 5.41) is 3.50. The Labute approximate surface area is 147 Å². The number of nitrogens with one attached hydrogen (secondary N) is 1. The van der Waals surface area contributed by atoms with E-state index >= 15 is 0 Å². The van der Waals surface area contributed by atoms with Crippen LogP contribution in [0.1, 0.15) is 36.2 Å². The molecule has 2 aromatic rings. The Morgan fingerprint density at radius 1 is 1.04 bits per heavy atom. The zero-order valence-corrected chi connectivity index (χ0v) is 14.7. The molecule has 128 valence electrons. The van der Waals surface area contributed by atoms with Crippen LogP contribution in [-0.2, 0) is 6.54 Å². The molecule has 0 aliphatic rings. The average molecular weight is 348 g/mol. The van der Waals surface area contributed by atoms with Gasteiger partial charge in [0.1, 0.15) is 0 Å². The van der Waals surface area contributed by atoms with Gasteiger partial charge in [0.2, 0.25) is 0 Å². The van der Waals surface area contributed by atoms with Gasteiger partial charge in [-0.25, -0.2) is 0 Å². The van der Waals surface area contributed by atoms with Gasteiger partial charge in [0.15, 0.2) is 11.5 Å². The van der Waals surface area contributed by atoms with E-state index in [9.17, 15) is 4.79 Å². The van der Waals surface area contributed by atoms with Gasteiger partial charge in [0.05, 0.1) is 13.2 Å². The Kier molecular flexibility index (Phi) is 6.94. The maximum atomic E-state index is 12.1. The standard InChI is InChI=1S/C19H22ClNO3/c1-3-11-24-17-10-5-14(12-18(17)23-4-2)13-21-19(22)15-6-8-16(20)9-7-15/h5-10,12H,3-4,11,13H2,1-2H3,(H,21,22). The number of hydrogen-bond donors (Lipinski definition) is 1. The third-order valence-corrected chi connectivity index (χ3v) is 3.58. The molecule has 5 heteroatoms. The highest BCUT2D eigenvalue weighted by atomic mass is 35.5. The fraction of sp³-hybridized carbons (Fsp3) is 0.316. The van der Waals surface area contributed by atoms with Gasteiger partial charge in [-0.05, 0) is 55.3 Å². The molecule has 0 heterocycles. The van der Waals surface area contributed by atoms with Crippen molar-refractivity contribution in [3.63, 3.8) is 0 Å². The topological polar surface area (TPSA) is 47.6 Å². The van der Waals surface area contributed by atoms with Gasteiger partial charge < -0.3 is 14.8 Å². The fourth-order valence-corrected chi connectivity index (χ4v) is 2.27. The summed E-state index contributed by atoms with van der Waals surface area (Å²) in [6, 6.07) is 12.5. The second-order valence-electron chi connectivity index (χ2n) is 5.25. The van der Waals surface area contributed by atoms with Crippen molar-refractivity contribution >= 4 is 17.5 Å². The smallest absolute Gasteiger partial charge is 0.251 e. The molecule has 0 aliphatic heterocycles. The number of carbonyl (C=O) groups excluding carboxylic acids is 1. The molecular formula is C19H22ClNO3. The summed E-state index contributed by atoms with van der Waals surface area (Å²) < 4.78 is 11.3. The highest BCUT2D eigenvalue weighted by Gasteiger charge is 2.09. The van der Waals surface area contributed by atoms with Crippen LogP contribution in [0.25, 0.3) is 0 Å². The molecule has 4 nitrogen and oxygen atoms in total. The van der Waals surface area contributed by atoms with Gasteiger partial charge in [-0.3, -0.25) is 4.79 Å². The molecule has 0 spiro atoms. The maximum Gasteiger partial charge on any atom is 0.251 e. The minimum absolute atomic E-state index is 0.143. The second-order valence-corrected chi connectivity index (χ2v) is 5.69. The lowest BCUT2D eigenvalue weighted by Gasteiger charge is -2.13. The Morgan fingerprint density at radius 3 is 2.46 bits per heavy atom. The molecule has 0 aliphatic carbocycles. The molecule has 0 atom stereocenters. The van der Waals surface area contributed by atoms with E-state index in [0.29, 0.717) is 36.1 Å². The molecule has 1 N–H and O–H groups in total. The molecule has 0 bridgehead atoms. The third-order valence-electron chi connectivity index (χ3n) is 3.33. The van der Waals surface area contributed by atoms with Crippen molar-refractivity contribution in [1.82, 2.24) is 5.32 Å². The maximum absolute atomic E-state index is 12.1. The number of halogens is 1. The highest BCUT2D eigenvalue weighted by molar-refractivity contribution is 6.30. The van der Waals surface area contributed by atoms with Crippen LogP contribution in [0.2, 0.25) is 5.02 Å². The van der Waals surface area contributed by atoms with Gasteiger partial charge >= 0.3 is 0 Å². The summed E-state index contributed by atoms with van der Waals surface area (Å²) in [6.07, 6.45) is 0.935. The first-order valence-electron chi connectivity index (χ1n) is 8.06. The first-order chi connectivity index (χ1) is 11.6. The van der Waals surface area contributed by atoms with Gasteiger partial charge in [-0.1, -0.05) is 24.6 Å². The zero-order valence-electron chi connectivity index (χ0n) is 14.0. The van der Waals surface area contributed by atoms with Crippen LogP contribution in [0.5, 0.6) is 11.5 Å². The lowest BCUT2D eigenvalue weighted by atomic mass is 10.1. The summed E-state index contributed by atoms with van der Waals surface area (Å²) in [6.45, 7) is 5.60. The molecule has 0 saturated heterocycles. The first-order valence-corrected chi connectivity index (χ1v) is 8.44. The Bertz CT molecular complexity index is 671. The molecule has 0 radical (unpaired) electrons. The van der Waals surface area contributed by atoms with E-state index in [2.05, 4.69) is 12.2 Å². The van der Waals surface area contributed by atoms with E-state index in [1.165, 1.54) is 0 Å². The molecule has 2 aromatic carbocycles. The largest absolute Gasteiger partial charge is 0.490 e. The molecule has 0 fully saturated rings. The minimum Gasteiger partial charge on any atom is -0.490 e. The van der Waals surface area contributed by atoms with E-state index in [0.717, 1.165) is 17.7 Å². The Balaban J connectivity index is 2.02. The lowest BCUT2D eigenvalue weighted by Crippen LogP contribution is -2.22. The molecule has 0 aromatic heterocycles. The van der Waals surface area contributed by atoms with Crippen LogP contribution in [0.4, 0.5) is 0 Å². The summed E-state index contributed by atoms with van der Waals surface area (Å²) in [5.41, 5.74) is 1.52. The molecule has 2 rings (SSSR count). The molecular weight excluding hydrogens is 326 g/mol. The van der Waals surface area contributed by atoms with Crippen molar-refractivity contribution < 1.29 is 14.3 Å². The summed E-state index contributed by atoms with van der Waals surface area (Å²) in [5.74, 6) is 1.28. The van der Waals surface area contributed by atoms with E-state index < -0.39 is 0 Å². The number of carbonyl (C=O) groups is 1. The van der Waals surface area contributed by atoms with Crippen LogP contribution in [0.3, 0.4) is 0 Å². The predicted octanol–water partition coefficient (Wildman–Crippen LogP) is 4.46. The number of amides is 1. The monoisotopic (exact) mass is 347 g/mol. The number of hydrogen-bond acceptors (Lipinski definition) is 3. The van der Waals surface area contributed by atoms with Crippen molar-refractivity contribution in [3.05, 3.63) is 58.6 Å². The lowest BCUT2D eigenvalue weighted by molar-refractivity contribution is 0.0951. The second kappa shape index (κ2) is 9.18. The van der Waals surface area contributed by atoms with Gasteiger partial charge in [0, 0.05) is 17.1 Å². The minimum atomic E-state index is -0.143. The molecule has 0 unspecified atom stereocenters. The van der Waals surface area contributed by atoms with Gasteiger partial charge in [-0.15, -0.1) is 0 Å². The van der Waals surface area contributed by atoms with Gasteiger partial charge in [-0.2, -0.15) is 0 Å². The van der Waals surface area contributed by atoms with Crippen molar-refractivity contribution in [1.29, 1.82) is 0 Å². The molecule has 1 amide bonds. The fourth-order valence-electron chi connectivity index (χ4n) is 2.15. The number of benzene rings is 2. The van der Waals surface area contributed by atoms with E-state index in [1.54, 1.807) is 24.3 Å². The summed E-state index contributed by atoms with van der Waals surface area (Å²) in [4.78, 5) is 12.1. The van der Waals surface area contributed by atoms with E-state index in [4.69, 9.17) is 21.1 Å².